The van der Waals surface area contributed by atoms with Crippen LogP contribution in [0.1, 0.15) is 10.5 Å². The normalized spacial score (nSPS) is 10.4. The molecule has 0 fully saturated rings. The average Bonchev–Trinajstić information content (AvgIpc) is 2.35. The standard InChI is InChI=1S/C11H5F3N2O2/c12-6-3-5(4-7(13)9(6)14)10-15-2-1-8(16-10)11(17)18/h1-4H,(H,17,18). The number of hydrogen-bond donors (Lipinski definition) is 1. The molecule has 7 heteroatoms. The second-order valence-electron chi connectivity index (χ2n) is 3.32. The van der Waals surface area contributed by atoms with Crippen molar-refractivity contribution in [2.24, 2.45) is 0 Å². The predicted octanol–water partition coefficient (Wildman–Crippen LogP) is 2.26. The summed E-state index contributed by atoms with van der Waals surface area (Å²) in [4.78, 5) is 17.9. The maximum atomic E-state index is 13.0. The first-order chi connectivity index (χ1) is 8.49. The molecule has 1 aromatic heterocycles. The fourth-order valence-corrected chi connectivity index (χ4v) is 1.30. The lowest BCUT2D eigenvalue weighted by Gasteiger charge is -2.02. The van der Waals surface area contributed by atoms with Gasteiger partial charge in [0.2, 0.25) is 0 Å². The summed E-state index contributed by atoms with van der Waals surface area (Å²) in [5.41, 5.74) is -0.473. The number of aromatic nitrogens is 2. The van der Waals surface area contributed by atoms with Crippen LogP contribution in [0, 0.1) is 17.5 Å². The summed E-state index contributed by atoms with van der Waals surface area (Å²) in [6.45, 7) is 0. The van der Waals surface area contributed by atoms with Gasteiger partial charge in [-0.05, 0) is 18.2 Å². The van der Waals surface area contributed by atoms with Gasteiger partial charge in [0.15, 0.2) is 29.0 Å². The van der Waals surface area contributed by atoms with Crippen molar-refractivity contribution in [2.45, 2.75) is 0 Å². The first-order valence-electron chi connectivity index (χ1n) is 4.70. The van der Waals surface area contributed by atoms with E-state index in [1.807, 2.05) is 0 Å². The van der Waals surface area contributed by atoms with Crippen LogP contribution in [0.5, 0.6) is 0 Å². The number of carbonyl (C=O) groups is 1. The Morgan fingerprint density at radius 1 is 1.17 bits per heavy atom. The van der Waals surface area contributed by atoms with Crippen LogP contribution >= 0.6 is 0 Å². The molecule has 0 aliphatic carbocycles. The van der Waals surface area contributed by atoms with E-state index in [-0.39, 0.29) is 17.1 Å². The molecule has 2 aromatic rings. The Kier molecular flexibility index (Phi) is 2.97. The molecule has 1 N–H and O–H groups in total. The molecule has 0 amide bonds. The van der Waals surface area contributed by atoms with Gasteiger partial charge in [0.1, 0.15) is 0 Å². The van der Waals surface area contributed by atoms with E-state index in [0.717, 1.165) is 12.3 Å². The van der Waals surface area contributed by atoms with Crippen molar-refractivity contribution in [1.82, 2.24) is 9.97 Å². The van der Waals surface area contributed by atoms with Gasteiger partial charge in [0, 0.05) is 11.8 Å². The summed E-state index contributed by atoms with van der Waals surface area (Å²) < 4.78 is 38.7. The molecule has 0 radical (unpaired) electrons. The third-order valence-corrected chi connectivity index (χ3v) is 2.12. The number of halogens is 3. The first kappa shape index (κ1) is 12.0. The molecule has 0 atom stereocenters. The van der Waals surface area contributed by atoms with Crippen LogP contribution in [0.2, 0.25) is 0 Å². The second kappa shape index (κ2) is 4.44. The summed E-state index contributed by atoms with van der Waals surface area (Å²) in [6, 6.07) is 2.51. The minimum absolute atomic E-state index is 0.144. The summed E-state index contributed by atoms with van der Waals surface area (Å²) in [5.74, 6) is -5.90. The highest BCUT2D eigenvalue weighted by atomic mass is 19.2. The zero-order valence-electron chi connectivity index (χ0n) is 8.69. The topological polar surface area (TPSA) is 63.1 Å². The molecule has 0 bridgehead atoms. The van der Waals surface area contributed by atoms with Gasteiger partial charge in [-0.2, -0.15) is 0 Å². The lowest BCUT2D eigenvalue weighted by Crippen LogP contribution is -2.03. The summed E-state index contributed by atoms with van der Waals surface area (Å²) in [5, 5.41) is 8.71. The van der Waals surface area contributed by atoms with Gasteiger partial charge in [-0.3, -0.25) is 0 Å². The van der Waals surface area contributed by atoms with Gasteiger partial charge >= 0.3 is 5.97 Å². The number of rotatable bonds is 2. The number of hydrogen-bond acceptors (Lipinski definition) is 3. The van der Waals surface area contributed by atoms with Crippen LogP contribution < -0.4 is 0 Å². The number of benzene rings is 1. The van der Waals surface area contributed by atoms with Crippen LogP contribution in [-0.4, -0.2) is 21.0 Å². The van der Waals surface area contributed by atoms with Crippen LogP contribution in [0.15, 0.2) is 24.4 Å². The van der Waals surface area contributed by atoms with Gasteiger partial charge in [-0.1, -0.05) is 0 Å². The third-order valence-electron chi connectivity index (χ3n) is 2.12. The fraction of sp³-hybridized carbons (Fsp3) is 0. The molecule has 2 rings (SSSR count). The molecule has 92 valence electrons. The number of carboxylic acid groups (broad SMARTS) is 1. The van der Waals surface area contributed by atoms with Crippen molar-refractivity contribution in [3.63, 3.8) is 0 Å². The zero-order valence-corrected chi connectivity index (χ0v) is 8.69. The Balaban J connectivity index is 2.55. The maximum Gasteiger partial charge on any atom is 0.354 e. The average molecular weight is 254 g/mol. The minimum Gasteiger partial charge on any atom is -0.477 e. The van der Waals surface area contributed by atoms with Gasteiger partial charge in [-0.25, -0.2) is 27.9 Å². The van der Waals surface area contributed by atoms with E-state index < -0.39 is 23.4 Å². The molecular weight excluding hydrogens is 249 g/mol. The molecule has 0 spiro atoms. The molecule has 0 aliphatic rings. The molecule has 0 unspecified atom stereocenters. The Bertz CT molecular complexity index is 608. The van der Waals surface area contributed by atoms with Crippen LogP contribution in [0.4, 0.5) is 13.2 Å². The van der Waals surface area contributed by atoms with E-state index in [2.05, 4.69) is 9.97 Å². The van der Waals surface area contributed by atoms with E-state index in [4.69, 9.17) is 5.11 Å². The van der Waals surface area contributed by atoms with Crippen molar-refractivity contribution >= 4 is 5.97 Å². The molecule has 0 saturated heterocycles. The van der Waals surface area contributed by atoms with Crippen LogP contribution in [0.25, 0.3) is 11.4 Å². The minimum atomic E-state index is -1.60. The molecular formula is C11H5F3N2O2. The van der Waals surface area contributed by atoms with E-state index in [9.17, 15) is 18.0 Å². The van der Waals surface area contributed by atoms with Crippen LogP contribution in [-0.2, 0) is 0 Å². The van der Waals surface area contributed by atoms with Gasteiger partial charge in [0.25, 0.3) is 0 Å². The highest BCUT2D eigenvalue weighted by Gasteiger charge is 2.14. The molecule has 0 aliphatic heterocycles. The summed E-state index contributed by atoms with van der Waals surface area (Å²) in [6.07, 6.45) is 1.13. The molecule has 18 heavy (non-hydrogen) atoms. The quantitative estimate of drug-likeness (QED) is 0.835. The van der Waals surface area contributed by atoms with E-state index in [1.54, 1.807) is 0 Å². The largest absolute Gasteiger partial charge is 0.477 e. The van der Waals surface area contributed by atoms with E-state index >= 15 is 0 Å². The van der Waals surface area contributed by atoms with Crippen molar-refractivity contribution in [3.8, 4) is 11.4 Å². The SMILES string of the molecule is O=C(O)c1ccnc(-c2cc(F)c(F)c(F)c2)n1. The van der Waals surface area contributed by atoms with E-state index in [1.165, 1.54) is 0 Å². The van der Waals surface area contributed by atoms with Gasteiger partial charge < -0.3 is 5.11 Å². The number of nitrogens with zero attached hydrogens (tertiary/aromatic N) is 2. The van der Waals surface area contributed by atoms with Gasteiger partial charge in [-0.15, -0.1) is 0 Å². The maximum absolute atomic E-state index is 13.0. The number of aromatic carboxylic acids is 1. The zero-order chi connectivity index (χ0) is 13.3. The third kappa shape index (κ3) is 2.15. The fourth-order valence-electron chi connectivity index (χ4n) is 1.30. The Morgan fingerprint density at radius 2 is 1.78 bits per heavy atom. The smallest absolute Gasteiger partial charge is 0.354 e. The second-order valence-corrected chi connectivity index (χ2v) is 3.32. The number of carboxylic acids is 1. The summed E-state index contributed by atoms with van der Waals surface area (Å²) >= 11 is 0. The lowest BCUT2D eigenvalue weighted by molar-refractivity contribution is 0.0690. The highest BCUT2D eigenvalue weighted by Crippen LogP contribution is 2.20. The van der Waals surface area contributed by atoms with Gasteiger partial charge in [0.05, 0.1) is 0 Å². The Labute approximate surface area is 98.7 Å². The van der Waals surface area contributed by atoms with Crippen molar-refractivity contribution in [2.75, 3.05) is 0 Å². The first-order valence-corrected chi connectivity index (χ1v) is 4.70. The molecule has 0 saturated carbocycles. The molecule has 4 nitrogen and oxygen atoms in total. The van der Waals surface area contributed by atoms with Crippen molar-refractivity contribution < 1.29 is 23.1 Å². The molecule has 1 aromatic carbocycles. The molecule has 1 heterocycles. The van der Waals surface area contributed by atoms with Crippen molar-refractivity contribution in [1.29, 1.82) is 0 Å². The monoisotopic (exact) mass is 254 g/mol. The lowest BCUT2D eigenvalue weighted by atomic mass is 10.2. The van der Waals surface area contributed by atoms with Crippen molar-refractivity contribution in [3.05, 3.63) is 47.5 Å². The van der Waals surface area contributed by atoms with Crippen LogP contribution in [0.3, 0.4) is 0 Å². The highest BCUT2D eigenvalue weighted by molar-refractivity contribution is 5.85. The van der Waals surface area contributed by atoms with E-state index in [0.29, 0.717) is 12.1 Å². The Hall–Kier alpha value is -2.44. The summed E-state index contributed by atoms with van der Waals surface area (Å²) in [7, 11) is 0. The predicted molar refractivity (Wildman–Crippen MR) is 54.3 cm³/mol. The Morgan fingerprint density at radius 3 is 2.33 bits per heavy atom.